The number of aromatic nitrogens is 3. The molecule has 0 spiro atoms. The average molecular weight is 255 g/mol. The van der Waals surface area contributed by atoms with Gasteiger partial charge in [0.25, 0.3) is 0 Å². The highest BCUT2D eigenvalue weighted by molar-refractivity contribution is 5.88. The van der Waals surface area contributed by atoms with Crippen molar-refractivity contribution in [3.8, 4) is 0 Å². The molecule has 0 bridgehead atoms. The van der Waals surface area contributed by atoms with Crippen molar-refractivity contribution >= 4 is 5.97 Å². The molecule has 0 saturated heterocycles. The molecular formula is C8H9F4N3O2. The second kappa shape index (κ2) is 5.11. The van der Waals surface area contributed by atoms with Crippen molar-refractivity contribution in [2.45, 2.75) is 25.7 Å². The number of rotatable bonds is 5. The van der Waals surface area contributed by atoms with E-state index in [0.29, 0.717) is 0 Å². The maximum Gasteiger partial charge on any atom is 0.360 e. The minimum Gasteiger partial charge on any atom is -0.461 e. The molecule has 96 valence electrons. The minimum absolute atomic E-state index is 0.0103. The molecule has 1 aromatic rings. The first-order chi connectivity index (χ1) is 7.88. The summed E-state index contributed by atoms with van der Waals surface area (Å²) in [7, 11) is 0. The summed E-state index contributed by atoms with van der Waals surface area (Å²) >= 11 is 0. The van der Waals surface area contributed by atoms with Gasteiger partial charge in [-0.2, -0.15) is 19.1 Å². The Morgan fingerprint density at radius 3 is 2.65 bits per heavy atom. The van der Waals surface area contributed by atoms with Crippen molar-refractivity contribution in [3.05, 3.63) is 11.4 Å². The Bertz CT molecular complexity index is 394. The fourth-order valence-electron chi connectivity index (χ4n) is 1.04. The number of halogens is 4. The number of esters is 1. The zero-order chi connectivity index (χ0) is 13.1. The van der Waals surface area contributed by atoms with Crippen molar-refractivity contribution in [1.82, 2.24) is 15.4 Å². The summed E-state index contributed by atoms with van der Waals surface area (Å²) < 4.78 is 53.9. The standard InChI is InChI=1S/C8H9F4N3O2/c1-2-17-6(16)5-4(13-15-14-5)3-8(11,12)7(9)10/h7H,2-3H2,1H3,(H,13,14,15). The molecule has 1 N–H and O–H groups in total. The molecule has 0 aliphatic carbocycles. The lowest BCUT2D eigenvalue weighted by Gasteiger charge is -2.13. The van der Waals surface area contributed by atoms with Crippen LogP contribution < -0.4 is 0 Å². The van der Waals surface area contributed by atoms with Gasteiger partial charge in [0, 0.05) is 0 Å². The molecular weight excluding hydrogens is 246 g/mol. The third kappa shape index (κ3) is 3.14. The molecule has 0 amide bonds. The molecule has 0 aliphatic rings. The van der Waals surface area contributed by atoms with E-state index < -0.39 is 36.1 Å². The van der Waals surface area contributed by atoms with E-state index in [9.17, 15) is 22.4 Å². The van der Waals surface area contributed by atoms with E-state index in [2.05, 4.69) is 14.9 Å². The first kappa shape index (κ1) is 13.4. The number of nitrogens with one attached hydrogen (secondary N) is 1. The number of carbonyl (C=O) groups is 1. The SMILES string of the molecule is CCOC(=O)c1n[nH]nc1CC(F)(F)C(F)F. The van der Waals surface area contributed by atoms with Crippen molar-refractivity contribution < 1.29 is 27.1 Å². The van der Waals surface area contributed by atoms with Crippen LogP contribution in [0.1, 0.15) is 23.1 Å². The summed E-state index contributed by atoms with van der Waals surface area (Å²) in [6.07, 6.45) is -5.22. The van der Waals surface area contributed by atoms with Gasteiger partial charge >= 0.3 is 18.3 Å². The number of alkyl halides is 4. The number of hydrogen-bond acceptors (Lipinski definition) is 4. The average Bonchev–Trinajstić information content (AvgIpc) is 2.65. The van der Waals surface area contributed by atoms with Crippen LogP contribution in [-0.2, 0) is 11.2 Å². The van der Waals surface area contributed by atoms with Crippen molar-refractivity contribution in [2.24, 2.45) is 0 Å². The number of aromatic amines is 1. The third-order valence-electron chi connectivity index (χ3n) is 1.81. The molecule has 1 heterocycles. The van der Waals surface area contributed by atoms with Crippen molar-refractivity contribution in [1.29, 1.82) is 0 Å². The van der Waals surface area contributed by atoms with Gasteiger partial charge in [0.15, 0.2) is 5.69 Å². The van der Waals surface area contributed by atoms with Gasteiger partial charge in [-0.1, -0.05) is 0 Å². The molecule has 0 atom stereocenters. The largest absolute Gasteiger partial charge is 0.461 e. The Balaban J connectivity index is 2.86. The Labute approximate surface area is 93.1 Å². The van der Waals surface area contributed by atoms with Crippen LogP contribution in [0.3, 0.4) is 0 Å². The lowest BCUT2D eigenvalue weighted by Crippen LogP contribution is -2.30. The Morgan fingerprint density at radius 1 is 1.47 bits per heavy atom. The second-order valence-electron chi connectivity index (χ2n) is 3.08. The minimum atomic E-state index is -4.27. The van der Waals surface area contributed by atoms with E-state index in [4.69, 9.17) is 0 Å². The Morgan fingerprint density at radius 2 is 2.12 bits per heavy atom. The van der Waals surface area contributed by atoms with Gasteiger partial charge in [-0.3, -0.25) is 0 Å². The molecule has 9 heteroatoms. The smallest absolute Gasteiger partial charge is 0.360 e. The van der Waals surface area contributed by atoms with Gasteiger partial charge in [0.2, 0.25) is 0 Å². The number of nitrogens with zero attached hydrogens (tertiary/aromatic N) is 2. The molecule has 0 aliphatic heterocycles. The van der Waals surface area contributed by atoms with E-state index in [1.807, 2.05) is 5.21 Å². The van der Waals surface area contributed by atoms with Gasteiger partial charge in [0.05, 0.1) is 13.0 Å². The molecule has 0 fully saturated rings. The normalized spacial score (nSPS) is 11.9. The zero-order valence-electron chi connectivity index (χ0n) is 8.71. The Kier molecular flexibility index (Phi) is 4.02. The Hall–Kier alpha value is -1.67. The maximum absolute atomic E-state index is 12.8. The number of carbonyl (C=O) groups excluding carboxylic acids is 1. The lowest BCUT2D eigenvalue weighted by atomic mass is 10.1. The first-order valence-electron chi connectivity index (χ1n) is 4.61. The van der Waals surface area contributed by atoms with Crippen molar-refractivity contribution in [3.63, 3.8) is 0 Å². The molecule has 0 unspecified atom stereocenters. The van der Waals surface area contributed by atoms with Gasteiger partial charge in [-0.25, -0.2) is 13.6 Å². The van der Waals surface area contributed by atoms with E-state index >= 15 is 0 Å². The maximum atomic E-state index is 12.8. The summed E-state index contributed by atoms with van der Waals surface area (Å²) in [6.45, 7) is 1.52. The van der Waals surface area contributed by atoms with Gasteiger partial charge in [-0.15, -0.1) is 5.10 Å². The topological polar surface area (TPSA) is 67.9 Å². The third-order valence-corrected chi connectivity index (χ3v) is 1.81. The highest BCUT2D eigenvalue weighted by Gasteiger charge is 2.42. The monoisotopic (exact) mass is 255 g/mol. The predicted octanol–water partition coefficient (Wildman–Crippen LogP) is 1.42. The summed E-state index contributed by atoms with van der Waals surface area (Å²) in [5.41, 5.74) is -1.05. The molecule has 0 saturated carbocycles. The van der Waals surface area contributed by atoms with Crippen LogP contribution in [0.25, 0.3) is 0 Å². The van der Waals surface area contributed by atoms with Crippen LogP contribution in [0.4, 0.5) is 17.6 Å². The van der Waals surface area contributed by atoms with Crippen LogP contribution in [0, 0.1) is 0 Å². The van der Waals surface area contributed by atoms with E-state index in [-0.39, 0.29) is 6.61 Å². The number of hydrogen-bond donors (Lipinski definition) is 1. The summed E-state index contributed by atoms with van der Waals surface area (Å²) in [4.78, 5) is 11.2. The highest BCUT2D eigenvalue weighted by atomic mass is 19.3. The zero-order valence-corrected chi connectivity index (χ0v) is 8.71. The van der Waals surface area contributed by atoms with Crippen LogP contribution in [0.5, 0.6) is 0 Å². The van der Waals surface area contributed by atoms with Crippen LogP contribution >= 0.6 is 0 Å². The van der Waals surface area contributed by atoms with E-state index in [0.717, 1.165) is 0 Å². The number of ether oxygens (including phenoxy) is 1. The molecule has 17 heavy (non-hydrogen) atoms. The predicted molar refractivity (Wildman–Crippen MR) is 47.0 cm³/mol. The molecule has 5 nitrogen and oxygen atoms in total. The molecule has 0 aromatic carbocycles. The van der Waals surface area contributed by atoms with Crippen LogP contribution in [0.2, 0.25) is 0 Å². The highest BCUT2D eigenvalue weighted by Crippen LogP contribution is 2.27. The quantitative estimate of drug-likeness (QED) is 0.638. The van der Waals surface area contributed by atoms with Gasteiger partial charge in [-0.05, 0) is 6.92 Å². The van der Waals surface area contributed by atoms with E-state index in [1.54, 1.807) is 0 Å². The van der Waals surface area contributed by atoms with Crippen LogP contribution in [0.15, 0.2) is 0 Å². The van der Waals surface area contributed by atoms with Gasteiger partial charge in [0.1, 0.15) is 5.69 Å². The second-order valence-corrected chi connectivity index (χ2v) is 3.08. The molecule has 1 aromatic heterocycles. The van der Waals surface area contributed by atoms with Gasteiger partial charge < -0.3 is 4.74 Å². The lowest BCUT2D eigenvalue weighted by molar-refractivity contribution is -0.127. The van der Waals surface area contributed by atoms with Crippen LogP contribution in [-0.4, -0.2) is 40.3 Å². The number of H-pyrrole nitrogens is 1. The summed E-state index contributed by atoms with van der Waals surface area (Å²) in [6, 6.07) is 0. The first-order valence-corrected chi connectivity index (χ1v) is 4.61. The summed E-state index contributed by atoms with van der Waals surface area (Å²) in [5.74, 6) is -5.25. The fraction of sp³-hybridized carbons (Fsp3) is 0.625. The van der Waals surface area contributed by atoms with Crippen molar-refractivity contribution in [2.75, 3.05) is 6.61 Å². The summed E-state index contributed by atoms with van der Waals surface area (Å²) in [5, 5.41) is 8.45. The molecule has 0 radical (unpaired) electrons. The molecule has 1 rings (SSSR count). The van der Waals surface area contributed by atoms with E-state index in [1.165, 1.54) is 6.92 Å². The fourth-order valence-corrected chi connectivity index (χ4v) is 1.04.